The Kier molecular flexibility index (Phi) is 6.18. The van der Waals surface area contributed by atoms with Crippen LogP contribution in [0.5, 0.6) is 5.75 Å². The van der Waals surface area contributed by atoms with Crippen LogP contribution in [0.4, 0.5) is 0 Å². The first-order valence-electron chi connectivity index (χ1n) is 10.6. The molecule has 2 aromatic heterocycles. The molecule has 1 aliphatic rings. The van der Waals surface area contributed by atoms with Crippen molar-refractivity contribution in [3.63, 3.8) is 0 Å². The van der Waals surface area contributed by atoms with Gasteiger partial charge in [-0.3, -0.25) is 14.2 Å². The van der Waals surface area contributed by atoms with Crippen LogP contribution >= 0.6 is 11.3 Å². The Bertz CT molecular complexity index is 1100. The fourth-order valence-electron chi connectivity index (χ4n) is 4.16. The maximum Gasteiger partial charge on any atom is 0.263 e. The summed E-state index contributed by atoms with van der Waals surface area (Å²) in [5, 5.41) is 3.65. The van der Waals surface area contributed by atoms with Gasteiger partial charge in [-0.2, -0.15) is 0 Å². The molecule has 0 radical (unpaired) electrons. The highest BCUT2D eigenvalue weighted by Gasteiger charge is 2.19. The van der Waals surface area contributed by atoms with Crippen molar-refractivity contribution in [2.24, 2.45) is 0 Å². The molecule has 0 saturated heterocycles. The molecule has 0 unspecified atom stereocenters. The van der Waals surface area contributed by atoms with Crippen LogP contribution in [-0.2, 0) is 11.3 Å². The second-order valence-corrected chi connectivity index (χ2v) is 8.95. The van der Waals surface area contributed by atoms with E-state index < -0.39 is 0 Å². The first-order valence-corrected chi connectivity index (χ1v) is 11.4. The summed E-state index contributed by atoms with van der Waals surface area (Å²) in [6.45, 7) is 4.55. The minimum absolute atomic E-state index is 0.00408. The standard InChI is InChI=1S/C23H27N3O3S/c1-3-29-18-11-9-16(10-12-18)20-15(2)30-22-21(20)23(28)26(14-24-22)13-19(27)25-17-7-5-4-6-8-17/h9-12,14,17H,3-8,13H2,1-2H3,(H,25,27). The van der Waals surface area contributed by atoms with E-state index in [0.29, 0.717) is 16.8 Å². The van der Waals surface area contributed by atoms with Gasteiger partial charge in [-0.15, -0.1) is 11.3 Å². The summed E-state index contributed by atoms with van der Waals surface area (Å²) in [7, 11) is 0. The number of nitrogens with one attached hydrogen (secondary N) is 1. The summed E-state index contributed by atoms with van der Waals surface area (Å²) in [5.41, 5.74) is 1.66. The SMILES string of the molecule is CCOc1ccc(-c2c(C)sc3ncn(CC(=O)NC4CCCCC4)c(=O)c23)cc1. The topological polar surface area (TPSA) is 73.2 Å². The molecule has 30 heavy (non-hydrogen) atoms. The summed E-state index contributed by atoms with van der Waals surface area (Å²) in [5.74, 6) is 0.674. The first kappa shape index (κ1) is 20.6. The minimum atomic E-state index is -0.174. The van der Waals surface area contributed by atoms with Crippen LogP contribution in [0, 0.1) is 6.92 Å². The van der Waals surface area contributed by atoms with Crippen molar-refractivity contribution in [3.05, 3.63) is 45.8 Å². The highest BCUT2D eigenvalue weighted by Crippen LogP contribution is 2.36. The lowest BCUT2D eigenvalue weighted by molar-refractivity contribution is -0.122. The number of aromatic nitrogens is 2. The zero-order valence-corrected chi connectivity index (χ0v) is 18.3. The van der Waals surface area contributed by atoms with Crippen LogP contribution in [0.25, 0.3) is 21.3 Å². The molecule has 0 atom stereocenters. The van der Waals surface area contributed by atoms with Crippen molar-refractivity contribution < 1.29 is 9.53 Å². The maximum absolute atomic E-state index is 13.3. The number of carbonyl (C=O) groups is 1. The first-order chi connectivity index (χ1) is 14.6. The number of rotatable bonds is 6. The molecule has 2 heterocycles. The largest absolute Gasteiger partial charge is 0.494 e. The molecule has 1 saturated carbocycles. The minimum Gasteiger partial charge on any atom is -0.494 e. The van der Waals surface area contributed by atoms with E-state index in [4.69, 9.17) is 4.74 Å². The molecule has 0 spiro atoms. The molecule has 1 amide bonds. The van der Waals surface area contributed by atoms with Gasteiger partial charge in [-0.25, -0.2) is 4.98 Å². The van der Waals surface area contributed by atoms with Gasteiger partial charge in [-0.1, -0.05) is 31.4 Å². The normalized spacial score (nSPS) is 14.7. The van der Waals surface area contributed by atoms with Crippen molar-refractivity contribution in [1.82, 2.24) is 14.9 Å². The lowest BCUT2D eigenvalue weighted by atomic mass is 9.95. The fourth-order valence-corrected chi connectivity index (χ4v) is 5.16. The molecule has 158 valence electrons. The number of thiophene rings is 1. The molecular weight excluding hydrogens is 398 g/mol. The quantitative estimate of drug-likeness (QED) is 0.640. The Morgan fingerprint density at radius 1 is 1.23 bits per heavy atom. The predicted molar refractivity (Wildman–Crippen MR) is 120 cm³/mol. The molecule has 1 fully saturated rings. The molecule has 4 rings (SSSR count). The molecule has 7 heteroatoms. The third kappa shape index (κ3) is 4.26. The monoisotopic (exact) mass is 425 g/mol. The summed E-state index contributed by atoms with van der Waals surface area (Å²) < 4.78 is 6.95. The number of nitrogens with zero attached hydrogens (tertiary/aromatic N) is 2. The number of fused-ring (bicyclic) bond motifs is 1. The molecule has 6 nitrogen and oxygen atoms in total. The van der Waals surface area contributed by atoms with Crippen LogP contribution in [0.15, 0.2) is 35.4 Å². The summed E-state index contributed by atoms with van der Waals surface area (Å²) in [4.78, 5) is 32.0. The van der Waals surface area contributed by atoms with Gasteiger partial charge in [0.05, 0.1) is 18.3 Å². The highest BCUT2D eigenvalue weighted by molar-refractivity contribution is 7.19. The molecule has 0 bridgehead atoms. The van der Waals surface area contributed by atoms with Gasteiger partial charge in [0.1, 0.15) is 17.1 Å². The number of aryl methyl sites for hydroxylation is 1. The Balaban J connectivity index is 1.63. The van der Waals surface area contributed by atoms with Crippen molar-refractivity contribution in [3.8, 4) is 16.9 Å². The van der Waals surface area contributed by atoms with Crippen molar-refractivity contribution in [2.45, 2.75) is 58.5 Å². The molecule has 3 aromatic rings. The molecule has 1 aliphatic carbocycles. The van der Waals surface area contributed by atoms with E-state index in [1.807, 2.05) is 38.1 Å². The average Bonchev–Trinajstić information content (AvgIpc) is 3.08. The van der Waals surface area contributed by atoms with E-state index in [1.54, 1.807) is 0 Å². The summed E-state index contributed by atoms with van der Waals surface area (Å²) in [6.07, 6.45) is 7.06. The third-order valence-corrected chi connectivity index (χ3v) is 6.61. The molecule has 1 aromatic carbocycles. The highest BCUT2D eigenvalue weighted by atomic mass is 32.1. The Morgan fingerprint density at radius 3 is 2.67 bits per heavy atom. The predicted octanol–water partition coefficient (Wildman–Crippen LogP) is 4.28. The van der Waals surface area contributed by atoms with E-state index in [-0.39, 0.29) is 24.1 Å². The van der Waals surface area contributed by atoms with Crippen molar-refractivity contribution in [1.29, 1.82) is 0 Å². The van der Waals surface area contributed by atoms with E-state index in [2.05, 4.69) is 10.3 Å². The smallest absolute Gasteiger partial charge is 0.263 e. The maximum atomic E-state index is 13.3. The number of hydrogen-bond donors (Lipinski definition) is 1. The van der Waals surface area contributed by atoms with E-state index in [1.165, 1.54) is 28.7 Å². The third-order valence-electron chi connectivity index (χ3n) is 5.59. The van der Waals surface area contributed by atoms with Gasteiger partial charge in [0.15, 0.2) is 0 Å². The van der Waals surface area contributed by atoms with Crippen LogP contribution in [0.3, 0.4) is 0 Å². The second kappa shape index (κ2) is 9.00. The van der Waals surface area contributed by atoms with Crippen LogP contribution < -0.4 is 15.6 Å². The van der Waals surface area contributed by atoms with Crippen LogP contribution in [0.1, 0.15) is 43.9 Å². The molecular formula is C23H27N3O3S. The van der Waals surface area contributed by atoms with E-state index in [0.717, 1.165) is 47.4 Å². The molecule has 0 aliphatic heterocycles. The zero-order chi connectivity index (χ0) is 21.1. The fraction of sp³-hybridized carbons (Fsp3) is 0.435. The molecule has 1 N–H and O–H groups in total. The van der Waals surface area contributed by atoms with Gasteiger partial charge < -0.3 is 10.1 Å². The number of ether oxygens (including phenoxy) is 1. The van der Waals surface area contributed by atoms with Gasteiger partial charge in [0.25, 0.3) is 5.56 Å². The Morgan fingerprint density at radius 2 is 1.97 bits per heavy atom. The Hall–Kier alpha value is -2.67. The van der Waals surface area contributed by atoms with E-state index >= 15 is 0 Å². The summed E-state index contributed by atoms with van der Waals surface area (Å²) >= 11 is 1.50. The number of carbonyl (C=O) groups excluding carboxylic acids is 1. The summed E-state index contributed by atoms with van der Waals surface area (Å²) in [6, 6.07) is 7.97. The lowest BCUT2D eigenvalue weighted by Crippen LogP contribution is -2.39. The van der Waals surface area contributed by atoms with Gasteiger partial charge in [-0.05, 0) is 44.4 Å². The second-order valence-electron chi connectivity index (χ2n) is 7.75. The van der Waals surface area contributed by atoms with Crippen LogP contribution in [0.2, 0.25) is 0 Å². The van der Waals surface area contributed by atoms with Gasteiger partial charge in [0, 0.05) is 16.5 Å². The van der Waals surface area contributed by atoms with E-state index in [9.17, 15) is 9.59 Å². The number of hydrogen-bond acceptors (Lipinski definition) is 5. The van der Waals surface area contributed by atoms with Gasteiger partial charge in [0.2, 0.25) is 5.91 Å². The van der Waals surface area contributed by atoms with Crippen molar-refractivity contribution >= 4 is 27.5 Å². The average molecular weight is 426 g/mol. The Labute approximate surface area is 179 Å². The van der Waals surface area contributed by atoms with Crippen LogP contribution in [-0.4, -0.2) is 28.1 Å². The number of benzene rings is 1. The zero-order valence-electron chi connectivity index (χ0n) is 17.4. The van der Waals surface area contributed by atoms with Gasteiger partial charge >= 0.3 is 0 Å². The number of amides is 1. The lowest BCUT2D eigenvalue weighted by Gasteiger charge is -2.22. The van der Waals surface area contributed by atoms with Crippen molar-refractivity contribution in [2.75, 3.05) is 6.61 Å².